The molecule has 36 heavy (non-hydrogen) atoms. The molecule has 0 bridgehead atoms. The number of hydrogen-bond acceptors (Lipinski definition) is 6. The van der Waals surface area contributed by atoms with Gasteiger partial charge in [-0.1, -0.05) is 29.8 Å². The van der Waals surface area contributed by atoms with Gasteiger partial charge in [-0.2, -0.15) is 0 Å². The van der Waals surface area contributed by atoms with E-state index >= 15 is 0 Å². The number of aromatic amines is 1. The lowest BCUT2D eigenvalue weighted by Gasteiger charge is -2.19. The summed E-state index contributed by atoms with van der Waals surface area (Å²) >= 11 is 6.83. The first-order chi connectivity index (χ1) is 17.3. The van der Waals surface area contributed by atoms with Crippen molar-refractivity contribution in [3.63, 3.8) is 0 Å². The van der Waals surface area contributed by atoms with Crippen molar-refractivity contribution in [3.8, 4) is 33.9 Å². The Kier molecular flexibility index (Phi) is 6.11. The average Bonchev–Trinajstić information content (AvgIpc) is 3.19. The molecule has 9 nitrogen and oxygen atoms in total. The van der Waals surface area contributed by atoms with Crippen LogP contribution in [0, 0.1) is 0 Å². The molecule has 2 aromatic carbocycles. The molecule has 0 saturated heterocycles. The zero-order valence-corrected chi connectivity index (χ0v) is 20.5. The standard InChI is InChI=1S/C26H25ClN4O5/c1-26(14-32,25(33)34)29-16-7-8-18-20(13-16)31(2)30-24(18)28-19-5-3-4-17(23(19)27)15-6-9-21-22(12-15)36-11-10-35-21/h3-9,12-13,28,30,32H,10-11,14H2,1-2H3,(H,33,34). The number of aliphatic hydroxyl groups is 1. The Morgan fingerprint density at radius 2 is 1.92 bits per heavy atom. The number of carboxylic acid groups (broad SMARTS) is 1. The third-order valence-corrected chi connectivity index (χ3v) is 6.55. The molecule has 1 aliphatic carbocycles. The van der Waals surface area contributed by atoms with Crippen LogP contribution in [0.1, 0.15) is 6.92 Å². The van der Waals surface area contributed by atoms with Crippen LogP contribution in [0.15, 0.2) is 59.6 Å². The van der Waals surface area contributed by atoms with E-state index < -0.39 is 18.1 Å². The molecule has 0 radical (unpaired) electrons. The van der Waals surface area contributed by atoms with Crippen LogP contribution in [0.25, 0.3) is 22.4 Å². The average molecular weight is 509 g/mol. The van der Waals surface area contributed by atoms with Gasteiger partial charge in [-0.25, -0.2) is 4.79 Å². The summed E-state index contributed by atoms with van der Waals surface area (Å²) in [7, 11) is 1.84. The van der Waals surface area contributed by atoms with Crippen LogP contribution >= 0.6 is 11.6 Å². The van der Waals surface area contributed by atoms with Gasteiger partial charge in [-0.05, 0) is 48.9 Å². The highest BCUT2D eigenvalue weighted by molar-refractivity contribution is 6.36. The monoisotopic (exact) mass is 508 g/mol. The first kappa shape index (κ1) is 23.8. The molecule has 5 rings (SSSR count). The van der Waals surface area contributed by atoms with Gasteiger partial charge in [0.2, 0.25) is 0 Å². The van der Waals surface area contributed by atoms with Crippen LogP contribution in [-0.2, 0) is 11.8 Å². The second-order valence-corrected chi connectivity index (χ2v) is 9.12. The smallest absolute Gasteiger partial charge is 0.333 e. The minimum absolute atomic E-state index is 0.446. The molecule has 2 aromatic rings. The molecule has 1 unspecified atom stereocenters. The van der Waals surface area contributed by atoms with E-state index in [-0.39, 0.29) is 0 Å². The molecule has 10 heteroatoms. The van der Waals surface area contributed by atoms with Gasteiger partial charge in [0.15, 0.2) is 17.0 Å². The van der Waals surface area contributed by atoms with Crippen LogP contribution < -0.4 is 20.1 Å². The van der Waals surface area contributed by atoms with E-state index in [1.54, 1.807) is 16.8 Å². The van der Waals surface area contributed by atoms with Crippen molar-refractivity contribution in [2.45, 2.75) is 12.5 Å². The SMILES string of the molecule is Cn1[nH]c(Nc2cccc(-c3ccc4c(c3)OCCO4)c2Cl)c2ccc(=NC(C)(CO)C(=O)O)cc1-2. The zero-order chi connectivity index (χ0) is 25.4. The molecule has 2 heterocycles. The maximum absolute atomic E-state index is 11.5. The number of ether oxygens (including phenoxy) is 2. The van der Waals surface area contributed by atoms with Gasteiger partial charge in [0.05, 0.1) is 28.4 Å². The highest BCUT2D eigenvalue weighted by Gasteiger charge is 2.31. The summed E-state index contributed by atoms with van der Waals surface area (Å²) in [5.41, 5.74) is 2.50. The Bertz CT molecular complexity index is 1490. The number of aliphatic hydroxyl groups excluding tert-OH is 1. The first-order valence-electron chi connectivity index (χ1n) is 11.3. The van der Waals surface area contributed by atoms with Gasteiger partial charge < -0.3 is 25.0 Å². The van der Waals surface area contributed by atoms with E-state index in [4.69, 9.17) is 21.1 Å². The molecule has 2 aliphatic heterocycles. The molecule has 3 aliphatic rings. The molecule has 0 spiro atoms. The van der Waals surface area contributed by atoms with Crippen molar-refractivity contribution in [3.05, 3.63) is 65.0 Å². The number of fused-ring (bicyclic) bond motifs is 2. The number of aromatic nitrogens is 2. The van der Waals surface area contributed by atoms with Crippen molar-refractivity contribution in [1.82, 2.24) is 9.78 Å². The summed E-state index contributed by atoms with van der Waals surface area (Å²) in [6, 6.07) is 16.8. The van der Waals surface area contributed by atoms with Gasteiger partial charge >= 0.3 is 5.97 Å². The minimum Gasteiger partial charge on any atom is -0.486 e. The van der Waals surface area contributed by atoms with Gasteiger partial charge in [0, 0.05) is 18.2 Å². The van der Waals surface area contributed by atoms with Crippen molar-refractivity contribution >= 4 is 29.1 Å². The zero-order valence-electron chi connectivity index (χ0n) is 19.7. The van der Waals surface area contributed by atoms with Crippen molar-refractivity contribution < 1.29 is 24.5 Å². The van der Waals surface area contributed by atoms with Crippen LogP contribution in [0.5, 0.6) is 11.5 Å². The molecule has 0 amide bonds. The van der Waals surface area contributed by atoms with Crippen LogP contribution in [0.3, 0.4) is 0 Å². The highest BCUT2D eigenvalue weighted by atomic mass is 35.5. The minimum atomic E-state index is -1.62. The molecular weight excluding hydrogens is 484 g/mol. The summed E-state index contributed by atoms with van der Waals surface area (Å²) in [5.74, 6) is 0.924. The quantitative estimate of drug-likeness (QED) is 0.312. The molecule has 0 aromatic heterocycles. The van der Waals surface area contributed by atoms with E-state index in [1.165, 1.54) is 6.92 Å². The number of nitrogens with one attached hydrogen (secondary N) is 2. The molecule has 4 N–H and O–H groups in total. The number of nitrogens with zero attached hydrogens (tertiary/aromatic N) is 2. The topological polar surface area (TPSA) is 121 Å². The van der Waals surface area contributed by atoms with Gasteiger partial charge in [0.25, 0.3) is 0 Å². The van der Waals surface area contributed by atoms with E-state index in [0.29, 0.717) is 40.8 Å². The van der Waals surface area contributed by atoms with E-state index in [1.807, 2.05) is 49.5 Å². The summed E-state index contributed by atoms with van der Waals surface area (Å²) in [6.45, 7) is 1.81. The summed E-state index contributed by atoms with van der Waals surface area (Å²) in [6.07, 6.45) is 0. The largest absolute Gasteiger partial charge is 0.486 e. The van der Waals surface area contributed by atoms with E-state index in [0.717, 1.165) is 28.1 Å². The van der Waals surface area contributed by atoms with Crippen LogP contribution in [0.4, 0.5) is 11.5 Å². The Morgan fingerprint density at radius 3 is 2.67 bits per heavy atom. The van der Waals surface area contributed by atoms with Crippen LogP contribution in [0.2, 0.25) is 5.02 Å². The summed E-state index contributed by atoms with van der Waals surface area (Å²) in [5, 5.41) is 26.6. The molecule has 0 saturated carbocycles. The van der Waals surface area contributed by atoms with Crippen molar-refractivity contribution in [1.29, 1.82) is 0 Å². The lowest BCUT2D eigenvalue weighted by Crippen LogP contribution is -2.39. The van der Waals surface area contributed by atoms with Gasteiger partial charge in [-0.15, -0.1) is 0 Å². The number of aliphatic carboxylic acids is 1. The van der Waals surface area contributed by atoms with Crippen molar-refractivity contribution in [2.75, 3.05) is 25.1 Å². The molecule has 186 valence electrons. The van der Waals surface area contributed by atoms with Crippen LogP contribution in [-0.4, -0.2) is 51.3 Å². The Morgan fingerprint density at radius 1 is 1.14 bits per heavy atom. The number of rotatable bonds is 6. The fourth-order valence-electron chi connectivity index (χ4n) is 4.09. The molecule has 1 atom stereocenters. The fraction of sp³-hybridized carbons (Fsp3) is 0.231. The number of benzene rings is 3. The fourth-order valence-corrected chi connectivity index (χ4v) is 4.38. The van der Waals surface area contributed by atoms with Gasteiger partial charge in [-0.3, -0.25) is 14.8 Å². The number of carbonyl (C=O) groups is 1. The number of aryl methyl sites for hydroxylation is 1. The predicted molar refractivity (Wildman–Crippen MR) is 136 cm³/mol. The highest BCUT2D eigenvalue weighted by Crippen LogP contribution is 2.40. The first-order valence-corrected chi connectivity index (χ1v) is 11.7. The second kappa shape index (κ2) is 9.25. The Hall–Kier alpha value is -3.95. The predicted octanol–water partition coefficient (Wildman–Crippen LogP) is 4.03. The number of H-pyrrole nitrogens is 1. The summed E-state index contributed by atoms with van der Waals surface area (Å²) in [4.78, 5) is 15.8. The second-order valence-electron chi connectivity index (χ2n) is 8.75. The normalized spacial score (nSPS) is 15.1. The maximum atomic E-state index is 11.5. The summed E-state index contributed by atoms with van der Waals surface area (Å²) < 4.78 is 13.1. The van der Waals surface area contributed by atoms with E-state index in [2.05, 4.69) is 15.4 Å². The maximum Gasteiger partial charge on any atom is 0.333 e. The number of hydrogen-bond donors (Lipinski definition) is 4. The lowest BCUT2D eigenvalue weighted by molar-refractivity contribution is -0.144. The molecule has 0 fully saturated rings. The van der Waals surface area contributed by atoms with Crippen molar-refractivity contribution in [2.24, 2.45) is 12.0 Å². The third kappa shape index (κ3) is 4.27. The van der Waals surface area contributed by atoms with E-state index in [9.17, 15) is 15.0 Å². The number of halogens is 1. The van der Waals surface area contributed by atoms with Gasteiger partial charge in [0.1, 0.15) is 19.0 Å². The molecular formula is C26H25ClN4O5. The lowest BCUT2D eigenvalue weighted by atomic mass is 10.0. The number of carboxylic acids is 1. The Balaban J connectivity index is 1.49. The third-order valence-electron chi connectivity index (χ3n) is 6.15. The number of anilines is 2. The Labute approximate surface area is 211 Å².